The molecule has 0 saturated carbocycles. The molecule has 2 aromatic rings. The topological polar surface area (TPSA) is 73.6 Å². The average Bonchev–Trinajstić information content (AvgIpc) is 2.89. The van der Waals surface area contributed by atoms with Gasteiger partial charge in [-0.25, -0.2) is 0 Å². The van der Waals surface area contributed by atoms with E-state index in [1.54, 1.807) is 31.2 Å². The van der Waals surface area contributed by atoms with Gasteiger partial charge in [0.2, 0.25) is 0 Å². The summed E-state index contributed by atoms with van der Waals surface area (Å²) in [5.41, 5.74) is 0.755. The lowest BCUT2D eigenvalue weighted by atomic mass is 10.2. The number of hydrogen-bond donors (Lipinski definition) is 1. The molecule has 0 aliphatic heterocycles. The molecule has 112 valence electrons. The zero-order valence-electron chi connectivity index (χ0n) is 12.3. The van der Waals surface area contributed by atoms with Crippen molar-refractivity contribution in [1.29, 1.82) is 0 Å². The molecule has 0 fully saturated rings. The minimum absolute atomic E-state index is 0.219. The molecule has 0 bridgehead atoms. The SMILES string of the molecule is CCOc1ccc(OCC)c(NC(=O)c2cc(C)on2)c1. The van der Waals surface area contributed by atoms with E-state index in [1.807, 2.05) is 13.8 Å². The van der Waals surface area contributed by atoms with E-state index >= 15 is 0 Å². The molecule has 1 aromatic carbocycles. The zero-order valence-corrected chi connectivity index (χ0v) is 12.3. The first-order valence-corrected chi connectivity index (χ1v) is 6.78. The summed E-state index contributed by atoms with van der Waals surface area (Å²) in [5, 5.41) is 6.44. The quantitative estimate of drug-likeness (QED) is 0.885. The number of rotatable bonds is 6. The number of carbonyl (C=O) groups excluding carboxylic acids is 1. The van der Waals surface area contributed by atoms with Gasteiger partial charge in [-0.05, 0) is 32.9 Å². The highest BCUT2D eigenvalue weighted by Crippen LogP contribution is 2.29. The van der Waals surface area contributed by atoms with Crippen molar-refractivity contribution in [2.45, 2.75) is 20.8 Å². The molecular formula is C15H18N2O4. The summed E-state index contributed by atoms with van der Waals surface area (Å²) in [6.07, 6.45) is 0. The maximum atomic E-state index is 12.1. The van der Waals surface area contributed by atoms with Crippen LogP contribution in [0.3, 0.4) is 0 Å². The summed E-state index contributed by atoms with van der Waals surface area (Å²) in [4.78, 5) is 12.1. The maximum Gasteiger partial charge on any atom is 0.277 e. The van der Waals surface area contributed by atoms with E-state index < -0.39 is 0 Å². The van der Waals surface area contributed by atoms with Crippen LogP contribution in [0.1, 0.15) is 30.1 Å². The van der Waals surface area contributed by atoms with Crippen molar-refractivity contribution in [1.82, 2.24) is 5.16 Å². The number of hydrogen-bond acceptors (Lipinski definition) is 5. The predicted molar refractivity (Wildman–Crippen MR) is 78.0 cm³/mol. The second-order valence-electron chi connectivity index (χ2n) is 4.30. The Balaban J connectivity index is 2.23. The van der Waals surface area contributed by atoms with E-state index in [9.17, 15) is 4.79 Å². The molecule has 0 atom stereocenters. The van der Waals surface area contributed by atoms with Gasteiger partial charge in [0.05, 0.1) is 18.9 Å². The first-order chi connectivity index (χ1) is 10.1. The van der Waals surface area contributed by atoms with Crippen molar-refractivity contribution >= 4 is 11.6 Å². The van der Waals surface area contributed by atoms with Crippen LogP contribution >= 0.6 is 0 Å². The van der Waals surface area contributed by atoms with Gasteiger partial charge in [-0.2, -0.15) is 0 Å². The monoisotopic (exact) mass is 290 g/mol. The third-order valence-corrected chi connectivity index (χ3v) is 2.67. The highest BCUT2D eigenvalue weighted by atomic mass is 16.5. The molecule has 21 heavy (non-hydrogen) atoms. The number of ether oxygens (including phenoxy) is 2. The van der Waals surface area contributed by atoms with E-state index in [2.05, 4.69) is 10.5 Å². The van der Waals surface area contributed by atoms with Crippen LogP contribution in [-0.2, 0) is 0 Å². The van der Waals surface area contributed by atoms with Gasteiger partial charge in [0, 0.05) is 12.1 Å². The van der Waals surface area contributed by atoms with Gasteiger partial charge in [-0.1, -0.05) is 5.16 Å². The molecule has 1 amide bonds. The Labute approximate surface area is 123 Å². The lowest BCUT2D eigenvalue weighted by molar-refractivity contribution is 0.101. The number of nitrogens with one attached hydrogen (secondary N) is 1. The summed E-state index contributed by atoms with van der Waals surface area (Å²) in [7, 11) is 0. The van der Waals surface area contributed by atoms with Crippen LogP contribution in [0.15, 0.2) is 28.8 Å². The second-order valence-corrected chi connectivity index (χ2v) is 4.30. The molecule has 0 spiro atoms. The molecular weight excluding hydrogens is 272 g/mol. The number of aryl methyl sites for hydroxylation is 1. The molecule has 0 aliphatic rings. The van der Waals surface area contributed by atoms with Crippen LogP contribution in [0.4, 0.5) is 5.69 Å². The fraction of sp³-hybridized carbons (Fsp3) is 0.333. The minimum atomic E-state index is -0.360. The molecule has 2 rings (SSSR count). The standard InChI is InChI=1S/C15H18N2O4/c1-4-19-11-6-7-14(20-5-2)12(9-11)16-15(18)13-8-10(3)21-17-13/h6-9H,4-5H2,1-3H3,(H,16,18). The van der Waals surface area contributed by atoms with Gasteiger partial charge in [0.25, 0.3) is 5.91 Å². The molecule has 1 heterocycles. The molecule has 1 aromatic heterocycles. The second kappa shape index (κ2) is 6.78. The van der Waals surface area contributed by atoms with E-state index in [4.69, 9.17) is 14.0 Å². The van der Waals surface area contributed by atoms with Crippen molar-refractivity contribution in [2.75, 3.05) is 18.5 Å². The molecule has 0 aliphatic carbocycles. The maximum absolute atomic E-state index is 12.1. The number of aromatic nitrogens is 1. The molecule has 6 heteroatoms. The number of carbonyl (C=O) groups is 1. The van der Waals surface area contributed by atoms with Gasteiger partial charge >= 0.3 is 0 Å². The predicted octanol–water partition coefficient (Wildman–Crippen LogP) is 3.03. The van der Waals surface area contributed by atoms with Crippen LogP contribution in [0, 0.1) is 6.92 Å². The van der Waals surface area contributed by atoms with Gasteiger partial charge in [0.1, 0.15) is 17.3 Å². The summed E-state index contributed by atoms with van der Waals surface area (Å²) in [6.45, 7) is 6.55. The fourth-order valence-corrected chi connectivity index (χ4v) is 1.80. The number of nitrogens with zero attached hydrogens (tertiary/aromatic N) is 1. The average molecular weight is 290 g/mol. The number of anilines is 1. The number of benzene rings is 1. The van der Waals surface area contributed by atoms with Crippen molar-refractivity contribution in [3.63, 3.8) is 0 Å². The Morgan fingerprint density at radius 1 is 1.24 bits per heavy atom. The smallest absolute Gasteiger partial charge is 0.277 e. The van der Waals surface area contributed by atoms with Crippen molar-refractivity contribution in [3.05, 3.63) is 35.7 Å². The molecule has 0 radical (unpaired) electrons. The molecule has 0 unspecified atom stereocenters. The van der Waals surface area contributed by atoms with Crippen molar-refractivity contribution in [3.8, 4) is 11.5 Å². The Hall–Kier alpha value is -2.50. The third kappa shape index (κ3) is 3.75. The Morgan fingerprint density at radius 2 is 2.00 bits per heavy atom. The summed E-state index contributed by atoms with van der Waals surface area (Å²) >= 11 is 0. The van der Waals surface area contributed by atoms with Gasteiger partial charge in [-0.15, -0.1) is 0 Å². The summed E-state index contributed by atoms with van der Waals surface area (Å²) in [5.74, 6) is 1.46. The van der Waals surface area contributed by atoms with E-state index in [0.717, 1.165) is 0 Å². The largest absolute Gasteiger partial charge is 0.494 e. The van der Waals surface area contributed by atoms with Crippen LogP contribution in [0.25, 0.3) is 0 Å². The first-order valence-electron chi connectivity index (χ1n) is 6.78. The lowest BCUT2D eigenvalue weighted by Crippen LogP contribution is -2.13. The summed E-state index contributed by atoms with van der Waals surface area (Å²) < 4.78 is 15.8. The van der Waals surface area contributed by atoms with E-state index in [0.29, 0.717) is 36.2 Å². The Morgan fingerprint density at radius 3 is 2.62 bits per heavy atom. The fourth-order valence-electron chi connectivity index (χ4n) is 1.80. The first kappa shape index (κ1) is 14.9. The van der Waals surface area contributed by atoms with Crippen molar-refractivity contribution < 1.29 is 18.8 Å². The van der Waals surface area contributed by atoms with E-state index in [-0.39, 0.29) is 11.6 Å². The lowest BCUT2D eigenvalue weighted by Gasteiger charge is -2.12. The normalized spacial score (nSPS) is 10.2. The highest BCUT2D eigenvalue weighted by Gasteiger charge is 2.14. The Bertz CT molecular complexity index is 622. The number of amides is 1. The van der Waals surface area contributed by atoms with Gasteiger partial charge < -0.3 is 19.3 Å². The van der Waals surface area contributed by atoms with Gasteiger partial charge in [-0.3, -0.25) is 4.79 Å². The Kier molecular flexibility index (Phi) is 4.81. The van der Waals surface area contributed by atoms with Crippen LogP contribution in [0.2, 0.25) is 0 Å². The van der Waals surface area contributed by atoms with Crippen LogP contribution < -0.4 is 14.8 Å². The molecule has 0 saturated heterocycles. The van der Waals surface area contributed by atoms with Crippen LogP contribution in [0.5, 0.6) is 11.5 Å². The zero-order chi connectivity index (χ0) is 15.2. The van der Waals surface area contributed by atoms with Gasteiger partial charge in [0.15, 0.2) is 5.69 Å². The van der Waals surface area contributed by atoms with Crippen molar-refractivity contribution in [2.24, 2.45) is 0 Å². The van der Waals surface area contributed by atoms with Crippen LogP contribution in [-0.4, -0.2) is 24.3 Å². The van der Waals surface area contributed by atoms with E-state index in [1.165, 1.54) is 0 Å². The minimum Gasteiger partial charge on any atom is -0.494 e. The highest BCUT2D eigenvalue weighted by molar-refractivity contribution is 6.03. The molecule has 6 nitrogen and oxygen atoms in total. The molecule has 1 N–H and O–H groups in total. The summed E-state index contributed by atoms with van der Waals surface area (Å²) in [6, 6.07) is 6.85. The third-order valence-electron chi connectivity index (χ3n) is 2.67.